The van der Waals surface area contributed by atoms with Crippen LogP contribution in [-0.2, 0) is 11.3 Å². The quantitative estimate of drug-likeness (QED) is 0.906. The van der Waals surface area contributed by atoms with Gasteiger partial charge in [0, 0.05) is 19.2 Å². The number of aromatic nitrogens is 2. The van der Waals surface area contributed by atoms with Gasteiger partial charge in [-0.25, -0.2) is 14.4 Å². The van der Waals surface area contributed by atoms with Crippen molar-refractivity contribution in [3.63, 3.8) is 0 Å². The Hall–Kier alpha value is -2.05. The van der Waals surface area contributed by atoms with Gasteiger partial charge in [-0.1, -0.05) is 12.1 Å². The Morgan fingerprint density at radius 3 is 2.86 bits per heavy atom. The number of benzene rings is 1. The van der Waals surface area contributed by atoms with Crippen LogP contribution in [-0.4, -0.2) is 29.7 Å². The molecule has 0 amide bonds. The molecule has 2 heterocycles. The number of nitrogens with one attached hydrogen (secondary N) is 2. The molecule has 0 bridgehead atoms. The highest BCUT2D eigenvalue weighted by molar-refractivity contribution is 5.38. The molecule has 1 saturated heterocycles. The van der Waals surface area contributed by atoms with Crippen molar-refractivity contribution < 1.29 is 9.13 Å². The van der Waals surface area contributed by atoms with Crippen molar-refractivity contribution in [2.45, 2.75) is 19.5 Å². The minimum absolute atomic E-state index is 0.0989. The van der Waals surface area contributed by atoms with Crippen LogP contribution in [0.2, 0.25) is 0 Å². The molecule has 116 valence electrons. The Labute approximate surface area is 128 Å². The first kappa shape index (κ1) is 14.9. The minimum atomic E-state index is -0.229. The molecule has 3 rings (SSSR count). The van der Waals surface area contributed by atoms with Gasteiger partial charge in [-0.05, 0) is 24.6 Å². The van der Waals surface area contributed by atoms with Crippen LogP contribution in [0.5, 0.6) is 0 Å². The summed E-state index contributed by atoms with van der Waals surface area (Å²) in [6.45, 7) is 4.64. The highest BCUT2D eigenvalue weighted by Crippen LogP contribution is 2.17. The number of hydrogen-bond donors (Lipinski definition) is 2. The number of halogens is 1. The second-order valence-corrected chi connectivity index (χ2v) is 5.29. The van der Waals surface area contributed by atoms with Crippen LogP contribution in [0, 0.1) is 12.7 Å². The monoisotopic (exact) mass is 302 g/mol. The van der Waals surface area contributed by atoms with E-state index in [1.807, 2.05) is 13.0 Å². The van der Waals surface area contributed by atoms with Crippen molar-refractivity contribution >= 4 is 5.82 Å². The van der Waals surface area contributed by atoms with Gasteiger partial charge in [0.05, 0.1) is 24.9 Å². The van der Waals surface area contributed by atoms with Crippen LogP contribution >= 0.6 is 0 Å². The molecule has 0 unspecified atom stereocenters. The lowest BCUT2D eigenvalue weighted by Gasteiger charge is -2.23. The van der Waals surface area contributed by atoms with Crippen LogP contribution < -0.4 is 10.6 Å². The van der Waals surface area contributed by atoms with Crippen LogP contribution in [0.15, 0.2) is 30.3 Å². The molecule has 1 aliphatic rings. The number of aryl methyl sites for hydroxylation is 1. The summed E-state index contributed by atoms with van der Waals surface area (Å²) in [6.07, 6.45) is 0. The van der Waals surface area contributed by atoms with Gasteiger partial charge in [-0.15, -0.1) is 0 Å². The van der Waals surface area contributed by atoms with Gasteiger partial charge in [0.25, 0.3) is 0 Å². The lowest BCUT2D eigenvalue weighted by atomic mass is 10.2. The van der Waals surface area contributed by atoms with E-state index < -0.39 is 0 Å². The average Bonchev–Trinajstić information content (AvgIpc) is 2.55. The number of hydrogen-bond acceptors (Lipinski definition) is 5. The lowest BCUT2D eigenvalue weighted by Crippen LogP contribution is -2.35. The van der Waals surface area contributed by atoms with E-state index in [1.54, 1.807) is 12.1 Å². The zero-order valence-corrected chi connectivity index (χ0v) is 12.5. The number of morpholine rings is 1. The Morgan fingerprint density at radius 1 is 1.32 bits per heavy atom. The predicted molar refractivity (Wildman–Crippen MR) is 82.1 cm³/mol. The number of ether oxygens (including phenoxy) is 1. The van der Waals surface area contributed by atoms with Gasteiger partial charge in [0.2, 0.25) is 0 Å². The maximum atomic E-state index is 12.9. The van der Waals surface area contributed by atoms with Gasteiger partial charge < -0.3 is 15.4 Å². The maximum Gasteiger partial charge on any atom is 0.130 e. The number of rotatable bonds is 4. The molecule has 1 aliphatic heterocycles. The fourth-order valence-corrected chi connectivity index (χ4v) is 2.41. The van der Waals surface area contributed by atoms with Crippen molar-refractivity contribution in [2.24, 2.45) is 0 Å². The van der Waals surface area contributed by atoms with Crippen LogP contribution in [0.1, 0.15) is 23.1 Å². The van der Waals surface area contributed by atoms with E-state index >= 15 is 0 Å². The molecular weight excluding hydrogens is 283 g/mol. The molecule has 0 radical (unpaired) electrons. The normalized spacial score (nSPS) is 18.2. The molecule has 2 N–H and O–H groups in total. The summed E-state index contributed by atoms with van der Waals surface area (Å²) >= 11 is 0. The molecule has 6 heteroatoms. The molecule has 0 aliphatic carbocycles. The van der Waals surface area contributed by atoms with Gasteiger partial charge in [0.1, 0.15) is 17.5 Å². The Balaban J connectivity index is 1.70. The molecule has 0 spiro atoms. The Kier molecular flexibility index (Phi) is 4.60. The summed E-state index contributed by atoms with van der Waals surface area (Å²) in [4.78, 5) is 8.88. The van der Waals surface area contributed by atoms with E-state index in [0.29, 0.717) is 19.0 Å². The summed E-state index contributed by atoms with van der Waals surface area (Å²) in [7, 11) is 0. The summed E-state index contributed by atoms with van der Waals surface area (Å²) in [5.41, 5.74) is 1.92. The molecule has 1 aromatic carbocycles. The third kappa shape index (κ3) is 3.78. The fourth-order valence-electron chi connectivity index (χ4n) is 2.41. The molecule has 22 heavy (non-hydrogen) atoms. The first-order valence-electron chi connectivity index (χ1n) is 7.36. The molecule has 2 aromatic rings. The van der Waals surface area contributed by atoms with Gasteiger partial charge in [-0.3, -0.25) is 0 Å². The van der Waals surface area contributed by atoms with Gasteiger partial charge >= 0.3 is 0 Å². The van der Waals surface area contributed by atoms with Crippen molar-refractivity contribution in [2.75, 3.05) is 25.1 Å². The average molecular weight is 302 g/mol. The third-order valence-corrected chi connectivity index (χ3v) is 3.52. The highest BCUT2D eigenvalue weighted by atomic mass is 19.1. The molecule has 5 nitrogen and oxygen atoms in total. The second-order valence-electron chi connectivity index (χ2n) is 5.29. The Morgan fingerprint density at radius 2 is 2.14 bits per heavy atom. The Bertz CT molecular complexity index is 627. The first-order chi connectivity index (χ1) is 10.7. The van der Waals surface area contributed by atoms with Crippen LogP contribution in [0.25, 0.3) is 0 Å². The third-order valence-electron chi connectivity index (χ3n) is 3.52. The number of anilines is 1. The summed E-state index contributed by atoms with van der Waals surface area (Å²) in [5, 5.41) is 6.64. The predicted octanol–water partition coefficient (Wildman–Crippen LogP) is 2.20. The summed E-state index contributed by atoms with van der Waals surface area (Å²) < 4.78 is 18.4. The van der Waals surface area contributed by atoms with E-state index in [4.69, 9.17) is 4.74 Å². The summed E-state index contributed by atoms with van der Waals surface area (Å²) in [5.74, 6) is 1.25. The van der Waals surface area contributed by atoms with Gasteiger partial charge in [-0.2, -0.15) is 0 Å². The van der Waals surface area contributed by atoms with E-state index in [1.165, 1.54) is 12.1 Å². The van der Waals surface area contributed by atoms with Crippen LogP contribution in [0.4, 0.5) is 10.2 Å². The lowest BCUT2D eigenvalue weighted by molar-refractivity contribution is 0.0755. The van der Waals surface area contributed by atoms with Crippen molar-refractivity contribution in [3.8, 4) is 0 Å². The standard InChI is InChI=1S/C16H19FN4O/c1-11-20-14(15-10-22-7-6-18-15)8-16(21-11)19-9-12-2-4-13(17)5-3-12/h2-5,8,15,18H,6-7,9-10H2,1H3,(H,19,20,21)/t15-/m0/s1. The fraction of sp³-hybridized carbons (Fsp3) is 0.375. The smallest absolute Gasteiger partial charge is 0.130 e. The van der Waals surface area contributed by atoms with Crippen LogP contribution in [0.3, 0.4) is 0 Å². The van der Waals surface area contributed by atoms with Gasteiger partial charge in [0.15, 0.2) is 0 Å². The zero-order chi connectivity index (χ0) is 15.4. The number of nitrogens with zero attached hydrogens (tertiary/aromatic N) is 2. The van der Waals surface area contributed by atoms with E-state index in [-0.39, 0.29) is 11.9 Å². The van der Waals surface area contributed by atoms with E-state index in [0.717, 1.165) is 30.2 Å². The minimum Gasteiger partial charge on any atom is -0.378 e. The zero-order valence-electron chi connectivity index (χ0n) is 12.5. The van der Waals surface area contributed by atoms with E-state index in [9.17, 15) is 4.39 Å². The topological polar surface area (TPSA) is 59.1 Å². The largest absolute Gasteiger partial charge is 0.378 e. The van der Waals surface area contributed by atoms with E-state index in [2.05, 4.69) is 20.6 Å². The second kappa shape index (κ2) is 6.81. The van der Waals surface area contributed by atoms with Crippen molar-refractivity contribution in [3.05, 3.63) is 53.2 Å². The highest BCUT2D eigenvalue weighted by Gasteiger charge is 2.17. The summed E-state index contributed by atoms with van der Waals surface area (Å²) in [6, 6.07) is 8.46. The molecule has 0 saturated carbocycles. The van der Waals surface area contributed by atoms with Crippen molar-refractivity contribution in [1.82, 2.24) is 15.3 Å². The first-order valence-corrected chi connectivity index (χ1v) is 7.36. The molecule has 1 fully saturated rings. The molecule has 1 atom stereocenters. The van der Waals surface area contributed by atoms with Crippen molar-refractivity contribution in [1.29, 1.82) is 0 Å². The molecule has 1 aromatic heterocycles. The SMILES string of the molecule is Cc1nc(NCc2ccc(F)cc2)cc([C@@H]2COCCN2)n1. The molecular formula is C16H19FN4O. The maximum absolute atomic E-state index is 12.9.